The maximum atomic E-state index is 12.2. The summed E-state index contributed by atoms with van der Waals surface area (Å²) >= 11 is 5.95. The van der Waals surface area contributed by atoms with Crippen LogP contribution >= 0.6 is 11.6 Å². The maximum Gasteiger partial charge on any atom is 0.255 e. The van der Waals surface area contributed by atoms with Gasteiger partial charge in [0, 0.05) is 16.7 Å². The molecule has 0 bridgehead atoms. The van der Waals surface area contributed by atoms with E-state index in [1.54, 1.807) is 43.5 Å². The van der Waals surface area contributed by atoms with E-state index >= 15 is 0 Å². The standard InChI is InChI=1S/C15H15ClN2O2/c1-9-5-10(7-11(16)6-9)15(19)18-14-8-12(20-2)3-4-13(14)17/h3-8H,17H2,1-2H3,(H,18,19). The molecular weight excluding hydrogens is 276 g/mol. The molecule has 0 atom stereocenters. The number of nitrogen functional groups attached to an aromatic ring is 1. The van der Waals surface area contributed by atoms with Crippen molar-refractivity contribution in [3.8, 4) is 5.75 Å². The molecule has 2 aromatic carbocycles. The van der Waals surface area contributed by atoms with Gasteiger partial charge in [0.05, 0.1) is 18.5 Å². The van der Waals surface area contributed by atoms with Crippen LogP contribution in [0.25, 0.3) is 0 Å². The number of halogens is 1. The second-order valence-corrected chi connectivity index (χ2v) is 4.86. The van der Waals surface area contributed by atoms with Crippen LogP contribution in [-0.4, -0.2) is 13.0 Å². The fraction of sp³-hybridized carbons (Fsp3) is 0.133. The highest BCUT2D eigenvalue weighted by Gasteiger charge is 2.10. The fourth-order valence-corrected chi connectivity index (χ4v) is 2.12. The van der Waals surface area contributed by atoms with E-state index < -0.39 is 0 Å². The molecule has 0 aliphatic carbocycles. The number of amides is 1. The lowest BCUT2D eigenvalue weighted by atomic mass is 10.1. The molecule has 3 N–H and O–H groups in total. The van der Waals surface area contributed by atoms with Crippen LogP contribution in [0.5, 0.6) is 5.75 Å². The first-order chi connectivity index (χ1) is 9.49. The zero-order valence-electron chi connectivity index (χ0n) is 11.2. The molecular formula is C15H15ClN2O2. The third-order valence-corrected chi connectivity index (χ3v) is 3.03. The minimum Gasteiger partial charge on any atom is -0.497 e. The number of nitrogens with two attached hydrogens (primary N) is 1. The smallest absolute Gasteiger partial charge is 0.255 e. The second-order valence-electron chi connectivity index (χ2n) is 4.42. The van der Waals surface area contributed by atoms with Gasteiger partial charge >= 0.3 is 0 Å². The molecule has 1 amide bonds. The molecule has 5 heteroatoms. The molecule has 0 aliphatic rings. The quantitative estimate of drug-likeness (QED) is 0.851. The van der Waals surface area contributed by atoms with E-state index in [4.69, 9.17) is 22.1 Å². The summed E-state index contributed by atoms with van der Waals surface area (Å²) in [6.45, 7) is 1.88. The first-order valence-electron chi connectivity index (χ1n) is 6.01. The van der Waals surface area contributed by atoms with Crippen LogP contribution in [0.2, 0.25) is 5.02 Å². The Balaban J connectivity index is 2.27. The van der Waals surface area contributed by atoms with Gasteiger partial charge in [-0.2, -0.15) is 0 Å². The lowest BCUT2D eigenvalue weighted by molar-refractivity contribution is 0.102. The van der Waals surface area contributed by atoms with Gasteiger partial charge in [0.15, 0.2) is 0 Å². The predicted octanol–water partition coefficient (Wildman–Crippen LogP) is 3.49. The highest BCUT2D eigenvalue weighted by molar-refractivity contribution is 6.31. The number of methoxy groups -OCH3 is 1. The molecule has 0 spiro atoms. The number of rotatable bonds is 3. The number of carbonyl (C=O) groups is 1. The second kappa shape index (κ2) is 5.84. The molecule has 2 aromatic rings. The Hall–Kier alpha value is -2.20. The molecule has 2 rings (SSSR count). The molecule has 0 aliphatic heterocycles. The summed E-state index contributed by atoms with van der Waals surface area (Å²) in [5.74, 6) is 0.354. The molecule has 4 nitrogen and oxygen atoms in total. The lowest BCUT2D eigenvalue weighted by Gasteiger charge is -2.10. The predicted molar refractivity (Wildman–Crippen MR) is 81.5 cm³/mol. The van der Waals surface area contributed by atoms with Gasteiger partial charge in [-0.3, -0.25) is 4.79 Å². The van der Waals surface area contributed by atoms with E-state index in [1.165, 1.54) is 0 Å². The fourth-order valence-electron chi connectivity index (χ4n) is 1.83. The van der Waals surface area contributed by atoms with Crippen molar-refractivity contribution in [3.05, 3.63) is 52.5 Å². The van der Waals surface area contributed by atoms with Crippen LogP contribution < -0.4 is 15.8 Å². The number of aryl methyl sites for hydroxylation is 1. The third-order valence-electron chi connectivity index (χ3n) is 2.81. The topological polar surface area (TPSA) is 64.3 Å². The molecule has 0 heterocycles. The van der Waals surface area contributed by atoms with E-state index in [1.807, 2.05) is 6.92 Å². The third kappa shape index (κ3) is 3.22. The van der Waals surface area contributed by atoms with Crippen molar-refractivity contribution in [3.63, 3.8) is 0 Å². The Labute approximate surface area is 122 Å². The Morgan fingerprint density at radius 1 is 1.25 bits per heavy atom. The zero-order chi connectivity index (χ0) is 14.7. The van der Waals surface area contributed by atoms with Gasteiger partial charge in [-0.25, -0.2) is 0 Å². The highest BCUT2D eigenvalue weighted by atomic mass is 35.5. The molecule has 104 valence electrons. The molecule has 0 saturated carbocycles. The minimum atomic E-state index is -0.268. The lowest BCUT2D eigenvalue weighted by Crippen LogP contribution is -2.13. The summed E-state index contributed by atoms with van der Waals surface area (Å²) in [6.07, 6.45) is 0. The van der Waals surface area contributed by atoms with Gasteiger partial charge in [-0.1, -0.05) is 11.6 Å². The van der Waals surface area contributed by atoms with Crippen LogP contribution in [0, 0.1) is 6.92 Å². The number of hydrogen-bond acceptors (Lipinski definition) is 3. The number of hydrogen-bond donors (Lipinski definition) is 2. The average molecular weight is 291 g/mol. The van der Waals surface area contributed by atoms with Gasteiger partial charge in [0.25, 0.3) is 5.91 Å². The average Bonchev–Trinajstić information content (AvgIpc) is 2.40. The van der Waals surface area contributed by atoms with Gasteiger partial charge in [-0.05, 0) is 42.8 Å². The van der Waals surface area contributed by atoms with Crippen molar-refractivity contribution in [1.82, 2.24) is 0 Å². The maximum absolute atomic E-state index is 12.2. The van der Waals surface area contributed by atoms with Crippen molar-refractivity contribution in [2.24, 2.45) is 0 Å². The minimum absolute atomic E-state index is 0.268. The Morgan fingerprint density at radius 2 is 2.00 bits per heavy atom. The Morgan fingerprint density at radius 3 is 2.65 bits per heavy atom. The highest BCUT2D eigenvalue weighted by Crippen LogP contribution is 2.25. The van der Waals surface area contributed by atoms with E-state index in [2.05, 4.69) is 5.32 Å². The van der Waals surface area contributed by atoms with Gasteiger partial charge < -0.3 is 15.8 Å². The molecule has 0 fully saturated rings. The van der Waals surface area contributed by atoms with Crippen LogP contribution in [-0.2, 0) is 0 Å². The largest absolute Gasteiger partial charge is 0.497 e. The first-order valence-corrected chi connectivity index (χ1v) is 6.39. The van der Waals surface area contributed by atoms with Crippen molar-refractivity contribution in [2.75, 3.05) is 18.2 Å². The summed E-state index contributed by atoms with van der Waals surface area (Å²) in [5.41, 5.74) is 8.21. The van der Waals surface area contributed by atoms with Crippen LogP contribution in [0.15, 0.2) is 36.4 Å². The molecule has 0 unspecified atom stereocenters. The van der Waals surface area contributed by atoms with E-state index in [0.717, 1.165) is 5.56 Å². The Bertz CT molecular complexity index is 636. The summed E-state index contributed by atoms with van der Waals surface area (Å²) in [5, 5.41) is 3.28. The molecule has 0 aromatic heterocycles. The molecule has 0 saturated heterocycles. The Kier molecular flexibility index (Phi) is 4.15. The van der Waals surface area contributed by atoms with Crippen molar-refractivity contribution in [1.29, 1.82) is 0 Å². The summed E-state index contributed by atoms with van der Waals surface area (Å²) in [4.78, 5) is 12.2. The van der Waals surface area contributed by atoms with Gasteiger partial charge in [0.2, 0.25) is 0 Å². The van der Waals surface area contributed by atoms with E-state index in [0.29, 0.717) is 27.7 Å². The van der Waals surface area contributed by atoms with Crippen LogP contribution in [0.4, 0.5) is 11.4 Å². The zero-order valence-corrected chi connectivity index (χ0v) is 12.0. The first kappa shape index (κ1) is 14.2. The summed E-state index contributed by atoms with van der Waals surface area (Å²) in [7, 11) is 1.55. The summed E-state index contributed by atoms with van der Waals surface area (Å²) < 4.78 is 5.11. The van der Waals surface area contributed by atoms with E-state index in [9.17, 15) is 4.79 Å². The SMILES string of the molecule is COc1ccc(N)c(NC(=O)c2cc(C)cc(Cl)c2)c1. The van der Waals surface area contributed by atoms with Crippen LogP contribution in [0.3, 0.4) is 0 Å². The van der Waals surface area contributed by atoms with Gasteiger partial charge in [-0.15, -0.1) is 0 Å². The van der Waals surface area contributed by atoms with E-state index in [-0.39, 0.29) is 5.91 Å². The number of ether oxygens (including phenoxy) is 1. The molecule has 20 heavy (non-hydrogen) atoms. The number of nitrogens with one attached hydrogen (secondary N) is 1. The summed E-state index contributed by atoms with van der Waals surface area (Å²) in [6, 6.07) is 10.2. The van der Waals surface area contributed by atoms with Gasteiger partial charge in [0.1, 0.15) is 5.75 Å². The molecule has 0 radical (unpaired) electrons. The monoisotopic (exact) mass is 290 g/mol. The number of carbonyl (C=O) groups excluding carboxylic acids is 1. The van der Waals surface area contributed by atoms with Crippen molar-refractivity contribution >= 4 is 28.9 Å². The number of benzene rings is 2. The normalized spacial score (nSPS) is 10.2. The number of anilines is 2. The van der Waals surface area contributed by atoms with Crippen molar-refractivity contribution < 1.29 is 9.53 Å². The van der Waals surface area contributed by atoms with Crippen molar-refractivity contribution in [2.45, 2.75) is 6.92 Å². The van der Waals surface area contributed by atoms with Crippen LogP contribution in [0.1, 0.15) is 15.9 Å².